The number of unbranched alkanes of at least 4 members (excludes halogenated alkanes) is 39. The summed E-state index contributed by atoms with van der Waals surface area (Å²) >= 11 is 0. The molecule has 0 radical (unpaired) electrons. The number of ether oxygens (including phenoxy) is 4. The second-order valence-corrected chi connectivity index (χ2v) is 24.1. The third-order valence-corrected chi connectivity index (χ3v) is 15.1. The Labute approximate surface area is 495 Å². The zero-order valence-corrected chi connectivity index (χ0v) is 53.2. The van der Waals surface area contributed by atoms with Gasteiger partial charge in [-0.25, -0.2) is 4.79 Å². The first kappa shape index (κ1) is 77.0. The number of likely N-dealkylation sites (N-methyl/N-ethyl adjacent to an activating group) is 1. The topological polar surface area (TPSA) is 108 Å². The van der Waals surface area contributed by atoms with Crippen molar-refractivity contribution in [2.75, 3.05) is 47.5 Å². The summed E-state index contributed by atoms with van der Waals surface area (Å²) in [6, 6.07) is 0. The van der Waals surface area contributed by atoms with Crippen LogP contribution in [-0.2, 0) is 33.3 Å². The standard InChI is InChI=1S/C71H129NO8/c1-6-8-10-12-14-16-18-20-22-23-24-25-26-27-28-29-30-31-32-33-34-35-36-37-38-39-40-41-42-43-44-45-46-48-49-51-53-55-57-59-61-68(73)78-65-67(66-79-71(70(75)76)77-64-63-72(3,4)5)80-69(74)62-60-58-56-54-52-50-47-21-19-17-15-13-11-9-7-2/h9,11,15,17,21,47,52,54,58,60,67,71H,6-8,10,12-14,16,18-20,22-46,48-51,53,55-57,59,61-66H2,1-5H3/p+1/b11-9-,17-15-,47-21-,54-52-,60-58-. The summed E-state index contributed by atoms with van der Waals surface area (Å²) in [5.41, 5.74) is 0. The van der Waals surface area contributed by atoms with Gasteiger partial charge in [-0.3, -0.25) is 9.59 Å². The minimum Gasteiger partial charge on any atom is -0.477 e. The zero-order valence-electron chi connectivity index (χ0n) is 53.2. The Balaban J connectivity index is 3.93. The molecule has 0 fully saturated rings. The lowest BCUT2D eigenvalue weighted by atomic mass is 10.0. The molecule has 9 heteroatoms. The Morgan fingerprint density at radius 3 is 1.01 bits per heavy atom. The lowest BCUT2D eigenvalue weighted by molar-refractivity contribution is -0.870. The molecular formula is C71H130NO8+. The number of allylic oxidation sites excluding steroid dienone is 9. The Hall–Kier alpha value is -3.01. The lowest BCUT2D eigenvalue weighted by Crippen LogP contribution is -2.40. The molecule has 0 aliphatic heterocycles. The van der Waals surface area contributed by atoms with Gasteiger partial charge in [0, 0.05) is 6.42 Å². The molecule has 0 heterocycles. The molecular weight excluding hydrogens is 995 g/mol. The van der Waals surface area contributed by atoms with Gasteiger partial charge in [0.25, 0.3) is 6.29 Å². The van der Waals surface area contributed by atoms with Gasteiger partial charge in [0.15, 0.2) is 6.10 Å². The minimum atomic E-state index is -1.54. The number of nitrogens with zero attached hydrogens (tertiary/aromatic N) is 1. The normalized spacial score (nSPS) is 13.1. The quantitative estimate of drug-likeness (QED) is 0.0211. The van der Waals surface area contributed by atoms with Crippen molar-refractivity contribution in [3.63, 3.8) is 0 Å². The molecule has 0 amide bonds. The number of carbonyl (C=O) groups is 3. The van der Waals surface area contributed by atoms with Crippen molar-refractivity contribution >= 4 is 17.9 Å². The third-order valence-electron chi connectivity index (χ3n) is 15.1. The molecule has 0 aromatic carbocycles. The van der Waals surface area contributed by atoms with E-state index in [1.807, 2.05) is 33.3 Å². The number of carboxylic acids is 1. The maximum absolute atomic E-state index is 12.8. The molecule has 0 aromatic heterocycles. The first-order valence-electron chi connectivity index (χ1n) is 34.0. The monoisotopic (exact) mass is 1120 g/mol. The number of rotatable bonds is 63. The fourth-order valence-electron chi connectivity index (χ4n) is 9.92. The highest BCUT2D eigenvalue weighted by Gasteiger charge is 2.25. The van der Waals surface area contributed by atoms with Crippen LogP contribution in [0.4, 0.5) is 0 Å². The van der Waals surface area contributed by atoms with Crippen molar-refractivity contribution in [2.24, 2.45) is 0 Å². The Bertz CT molecular complexity index is 1500. The van der Waals surface area contributed by atoms with Crippen molar-refractivity contribution in [3.05, 3.63) is 60.8 Å². The summed E-state index contributed by atoms with van der Waals surface area (Å²) in [4.78, 5) is 37.3. The number of carboxylic acid groups (broad SMARTS) is 1. The van der Waals surface area contributed by atoms with E-state index in [1.165, 1.54) is 238 Å². The molecule has 0 saturated heterocycles. The van der Waals surface area contributed by atoms with Crippen LogP contribution in [0.5, 0.6) is 0 Å². The second-order valence-electron chi connectivity index (χ2n) is 24.1. The van der Waals surface area contributed by atoms with Crippen LogP contribution >= 0.6 is 0 Å². The van der Waals surface area contributed by atoms with Gasteiger partial charge in [-0.1, -0.05) is 325 Å². The zero-order chi connectivity index (χ0) is 58.3. The highest BCUT2D eigenvalue weighted by molar-refractivity contribution is 5.72. The molecule has 80 heavy (non-hydrogen) atoms. The van der Waals surface area contributed by atoms with Gasteiger partial charge < -0.3 is 28.5 Å². The van der Waals surface area contributed by atoms with Crippen LogP contribution in [0, 0.1) is 0 Å². The average Bonchev–Trinajstić information content (AvgIpc) is 3.43. The smallest absolute Gasteiger partial charge is 0.361 e. The van der Waals surface area contributed by atoms with Gasteiger partial charge in [0.05, 0.1) is 40.8 Å². The molecule has 0 spiro atoms. The maximum atomic E-state index is 12.8. The Morgan fingerprint density at radius 2 is 0.700 bits per heavy atom. The molecule has 0 aromatic rings. The van der Waals surface area contributed by atoms with Gasteiger partial charge in [-0.05, 0) is 38.5 Å². The number of aliphatic carboxylic acids is 1. The van der Waals surface area contributed by atoms with Gasteiger partial charge in [-0.2, -0.15) is 0 Å². The molecule has 0 aliphatic rings. The van der Waals surface area contributed by atoms with Crippen LogP contribution in [0.3, 0.4) is 0 Å². The fraction of sp³-hybridized carbons (Fsp3) is 0.817. The molecule has 2 unspecified atom stereocenters. The predicted octanol–water partition coefficient (Wildman–Crippen LogP) is 20.7. The van der Waals surface area contributed by atoms with E-state index in [0.29, 0.717) is 17.4 Å². The molecule has 0 aliphatic carbocycles. The van der Waals surface area contributed by atoms with Crippen LogP contribution in [0.2, 0.25) is 0 Å². The SMILES string of the molecule is CC/C=C\C/C=C\C/C=C\C/C=C\C/C=C\CC(=O)OC(COC(=O)CCCCCCCCCCCCCCCCCCCCCCCCCCCCCCCCCCCCCCCCCC)COC(OCC[N+](C)(C)C)C(=O)O. The first-order chi connectivity index (χ1) is 39.1. The van der Waals surface area contributed by atoms with Gasteiger partial charge >= 0.3 is 17.9 Å². The van der Waals surface area contributed by atoms with Crippen LogP contribution in [0.15, 0.2) is 60.8 Å². The first-order valence-corrected chi connectivity index (χ1v) is 34.0. The summed E-state index contributed by atoms with van der Waals surface area (Å²) in [6.45, 7) is 4.68. The lowest BCUT2D eigenvalue weighted by Gasteiger charge is -2.25. The van der Waals surface area contributed by atoms with Crippen LogP contribution in [0.25, 0.3) is 0 Å². The van der Waals surface area contributed by atoms with Crippen molar-refractivity contribution < 1.29 is 42.9 Å². The molecule has 466 valence electrons. The highest BCUT2D eigenvalue weighted by Crippen LogP contribution is 2.19. The summed E-state index contributed by atoms with van der Waals surface area (Å²) in [5, 5.41) is 9.69. The summed E-state index contributed by atoms with van der Waals surface area (Å²) in [7, 11) is 5.94. The largest absolute Gasteiger partial charge is 0.477 e. The molecule has 0 rings (SSSR count). The third kappa shape index (κ3) is 62.6. The average molecular weight is 1130 g/mol. The van der Waals surface area contributed by atoms with Crippen LogP contribution < -0.4 is 0 Å². The number of quaternary nitrogens is 1. The highest BCUT2D eigenvalue weighted by atomic mass is 16.7. The van der Waals surface area contributed by atoms with Gasteiger partial charge in [-0.15, -0.1) is 0 Å². The van der Waals surface area contributed by atoms with Crippen molar-refractivity contribution in [1.82, 2.24) is 0 Å². The summed E-state index contributed by atoms with van der Waals surface area (Å²) < 4.78 is 22.7. The summed E-state index contributed by atoms with van der Waals surface area (Å²) in [5.74, 6) is -2.16. The van der Waals surface area contributed by atoms with E-state index in [9.17, 15) is 19.5 Å². The number of hydrogen-bond acceptors (Lipinski definition) is 7. The predicted molar refractivity (Wildman–Crippen MR) is 341 cm³/mol. The van der Waals surface area contributed by atoms with Crippen molar-refractivity contribution in [1.29, 1.82) is 0 Å². The van der Waals surface area contributed by atoms with Crippen molar-refractivity contribution in [3.8, 4) is 0 Å². The molecule has 1 N–H and O–H groups in total. The van der Waals surface area contributed by atoms with Crippen LogP contribution in [0.1, 0.15) is 316 Å². The van der Waals surface area contributed by atoms with E-state index in [2.05, 4.69) is 56.4 Å². The van der Waals surface area contributed by atoms with E-state index in [4.69, 9.17) is 18.9 Å². The molecule has 9 nitrogen and oxygen atoms in total. The number of esters is 2. The number of hydrogen-bond donors (Lipinski definition) is 1. The Morgan fingerprint density at radius 1 is 0.388 bits per heavy atom. The van der Waals surface area contributed by atoms with E-state index in [-0.39, 0.29) is 38.6 Å². The van der Waals surface area contributed by atoms with Gasteiger partial charge in [0.1, 0.15) is 13.2 Å². The number of carbonyl (C=O) groups excluding carboxylic acids is 2. The molecule has 0 bridgehead atoms. The molecule has 0 saturated carbocycles. The van der Waals surface area contributed by atoms with E-state index in [0.717, 1.165) is 44.9 Å². The van der Waals surface area contributed by atoms with E-state index < -0.39 is 24.3 Å². The molecule has 2 atom stereocenters. The van der Waals surface area contributed by atoms with E-state index >= 15 is 0 Å². The van der Waals surface area contributed by atoms with Gasteiger partial charge in [0.2, 0.25) is 0 Å². The Kier molecular flexibility index (Phi) is 59.7. The van der Waals surface area contributed by atoms with Crippen molar-refractivity contribution in [2.45, 2.75) is 328 Å². The van der Waals surface area contributed by atoms with Crippen LogP contribution in [-0.4, -0.2) is 87.4 Å². The summed E-state index contributed by atoms with van der Waals surface area (Å²) in [6.07, 6.45) is 78.4. The van der Waals surface area contributed by atoms with E-state index in [1.54, 1.807) is 6.08 Å². The fourth-order valence-corrected chi connectivity index (χ4v) is 9.92. The second kappa shape index (κ2) is 62.0. The maximum Gasteiger partial charge on any atom is 0.361 e. The minimum absolute atomic E-state index is 0.0279.